The van der Waals surface area contributed by atoms with Gasteiger partial charge in [0.1, 0.15) is 11.5 Å². The van der Waals surface area contributed by atoms with Gasteiger partial charge in [-0.25, -0.2) is 4.31 Å². The SMILES string of the molecule is C/C=C(/C=C(\O)c1ccccc1)CCOc1ccc(CCC(=O)O)c2c1CCN(Sc1ccc(SC)cc1)C2. The Kier molecular flexibility index (Phi) is 10.6. The molecule has 0 radical (unpaired) electrons. The van der Waals surface area contributed by atoms with Crippen LogP contribution >= 0.6 is 23.7 Å². The van der Waals surface area contributed by atoms with Crippen molar-refractivity contribution in [3.63, 3.8) is 0 Å². The molecule has 0 aromatic heterocycles. The molecule has 3 aromatic carbocycles. The second kappa shape index (κ2) is 14.3. The van der Waals surface area contributed by atoms with Crippen molar-refractivity contribution >= 4 is 35.4 Å². The maximum Gasteiger partial charge on any atom is 0.303 e. The number of hydrogen-bond donors (Lipinski definition) is 2. The third-order valence-corrected chi connectivity index (χ3v) is 8.54. The number of ether oxygens (including phenoxy) is 1. The smallest absolute Gasteiger partial charge is 0.303 e. The standard InChI is InChI=1S/C32H35NO4S2/c1-3-23(21-30(34)25-7-5-4-6-8-25)18-20-37-31-15-9-24(10-16-32(35)36)29-22-33(19-17-28(29)31)39-27-13-11-26(38-2)12-14-27/h3-9,11-15,21,34H,10,16-20,22H2,1-2H3,(H,35,36)/b23-3+,30-21-. The summed E-state index contributed by atoms with van der Waals surface area (Å²) in [7, 11) is 0. The van der Waals surface area contributed by atoms with Gasteiger partial charge in [-0.2, -0.15) is 0 Å². The highest BCUT2D eigenvalue weighted by atomic mass is 32.2. The van der Waals surface area contributed by atoms with Gasteiger partial charge in [0.25, 0.3) is 0 Å². The van der Waals surface area contributed by atoms with Gasteiger partial charge in [-0.05, 0) is 91.1 Å². The van der Waals surface area contributed by atoms with Crippen LogP contribution in [0.1, 0.15) is 42.0 Å². The van der Waals surface area contributed by atoms with Crippen molar-refractivity contribution in [2.75, 3.05) is 19.4 Å². The van der Waals surface area contributed by atoms with Gasteiger partial charge in [-0.1, -0.05) is 42.5 Å². The minimum absolute atomic E-state index is 0.109. The summed E-state index contributed by atoms with van der Waals surface area (Å²) in [6.45, 7) is 4.07. The molecule has 0 saturated carbocycles. The van der Waals surface area contributed by atoms with Crippen LogP contribution in [0.3, 0.4) is 0 Å². The zero-order valence-electron chi connectivity index (χ0n) is 22.4. The van der Waals surface area contributed by atoms with Crippen molar-refractivity contribution in [1.29, 1.82) is 0 Å². The van der Waals surface area contributed by atoms with E-state index in [4.69, 9.17) is 4.74 Å². The Morgan fingerprint density at radius 2 is 1.72 bits per heavy atom. The van der Waals surface area contributed by atoms with Crippen LogP contribution in [-0.2, 0) is 24.2 Å². The highest BCUT2D eigenvalue weighted by molar-refractivity contribution is 7.98. The summed E-state index contributed by atoms with van der Waals surface area (Å²) in [6, 6.07) is 22.1. The minimum atomic E-state index is -0.786. The predicted octanol–water partition coefficient (Wildman–Crippen LogP) is 7.81. The van der Waals surface area contributed by atoms with Crippen molar-refractivity contribution < 1.29 is 19.7 Å². The zero-order chi connectivity index (χ0) is 27.6. The highest BCUT2D eigenvalue weighted by Gasteiger charge is 2.23. The number of hydrogen-bond acceptors (Lipinski definition) is 6. The number of aliphatic hydroxyl groups is 1. The van der Waals surface area contributed by atoms with Gasteiger partial charge in [0, 0.05) is 46.8 Å². The molecule has 0 saturated heterocycles. The molecule has 1 heterocycles. The van der Waals surface area contributed by atoms with Crippen LogP contribution in [-0.4, -0.2) is 39.9 Å². The number of fused-ring (bicyclic) bond motifs is 1. The highest BCUT2D eigenvalue weighted by Crippen LogP contribution is 2.36. The molecule has 0 atom stereocenters. The van der Waals surface area contributed by atoms with Crippen molar-refractivity contribution in [2.45, 2.75) is 48.9 Å². The van der Waals surface area contributed by atoms with Gasteiger partial charge < -0.3 is 14.9 Å². The second-order valence-electron chi connectivity index (χ2n) is 9.31. The molecule has 3 aromatic rings. The number of aliphatic hydroxyl groups excluding tert-OH is 1. The maximum absolute atomic E-state index is 11.3. The molecule has 39 heavy (non-hydrogen) atoms. The van der Waals surface area contributed by atoms with Crippen LogP contribution in [0.4, 0.5) is 0 Å². The first-order valence-corrected chi connectivity index (χ1v) is 15.1. The average molecular weight is 562 g/mol. The molecule has 0 fully saturated rings. The van der Waals surface area contributed by atoms with E-state index in [1.54, 1.807) is 29.8 Å². The predicted molar refractivity (Wildman–Crippen MR) is 162 cm³/mol. The van der Waals surface area contributed by atoms with E-state index in [1.807, 2.05) is 55.5 Å². The average Bonchev–Trinajstić information content (AvgIpc) is 2.96. The maximum atomic E-state index is 11.3. The number of rotatable bonds is 12. The minimum Gasteiger partial charge on any atom is -0.507 e. The summed E-state index contributed by atoms with van der Waals surface area (Å²) in [6.07, 6.45) is 7.98. The Hall–Kier alpha value is -3.13. The third-order valence-electron chi connectivity index (χ3n) is 6.74. The number of aliphatic carboxylic acids is 1. The molecule has 204 valence electrons. The Morgan fingerprint density at radius 3 is 2.41 bits per heavy atom. The van der Waals surface area contributed by atoms with Crippen molar-refractivity contribution in [2.24, 2.45) is 0 Å². The Balaban J connectivity index is 1.46. The van der Waals surface area contributed by atoms with E-state index < -0.39 is 5.97 Å². The van der Waals surface area contributed by atoms with E-state index in [0.717, 1.165) is 42.0 Å². The first-order valence-electron chi connectivity index (χ1n) is 13.1. The summed E-state index contributed by atoms with van der Waals surface area (Å²) in [5.41, 5.74) is 5.22. The molecular weight excluding hydrogens is 526 g/mol. The van der Waals surface area contributed by atoms with Crippen LogP contribution in [0.15, 0.2) is 94.2 Å². The van der Waals surface area contributed by atoms with E-state index >= 15 is 0 Å². The van der Waals surface area contributed by atoms with Gasteiger partial charge in [0.2, 0.25) is 0 Å². The lowest BCUT2D eigenvalue weighted by Crippen LogP contribution is -2.26. The van der Waals surface area contributed by atoms with Crippen LogP contribution in [0.25, 0.3) is 5.76 Å². The van der Waals surface area contributed by atoms with Crippen molar-refractivity contribution in [3.8, 4) is 5.75 Å². The number of benzene rings is 3. The Morgan fingerprint density at radius 1 is 0.974 bits per heavy atom. The number of nitrogens with zero attached hydrogens (tertiary/aromatic N) is 1. The third kappa shape index (κ3) is 8.18. The lowest BCUT2D eigenvalue weighted by Gasteiger charge is -2.30. The fraction of sp³-hybridized carbons (Fsp3) is 0.281. The van der Waals surface area contributed by atoms with Gasteiger partial charge in [0.15, 0.2) is 0 Å². The van der Waals surface area contributed by atoms with E-state index in [0.29, 0.717) is 19.4 Å². The monoisotopic (exact) mass is 561 g/mol. The van der Waals surface area contributed by atoms with Crippen LogP contribution in [0.5, 0.6) is 5.75 Å². The number of allylic oxidation sites excluding steroid dienone is 2. The number of carbonyl (C=O) groups is 1. The van der Waals surface area contributed by atoms with Crippen molar-refractivity contribution in [3.05, 3.63) is 107 Å². The molecule has 2 N–H and O–H groups in total. The number of carboxylic acids is 1. The fourth-order valence-corrected chi connectivity index (χ4v) is 5.94. The Bertz CT molecular complexity index is 1320. The molecule has 0 amide bonds. The van der Waals surface area contributed by atoms with E-state index in [-0.39, 0.29) is 12.2 Å². The molecular formula is C32H35NO4S2. The van der Waals surface area contributed by atoms with E-state index in [2.05, 4.69) is 34.8 Å². The molecule has 4 rings (SSSR count). The van der Waals surface area contributed by atoms with Crippen LogP contribution in [0.2, 0.25) is 0 Å². The number of carboxylic acid groups (broad SMARTS) is 1. The molecule has 0 spiro atoms. The summed E-state index contributed by atoms with van der Waals surface area (Å²) in [4.78, 5) is 13.7. The molecule has 0 unspecified atom stereocenters. The molecule has 5 nitrogen and oxygen atoms in total. The normalized spacial score (nSPS) is 14.2. The lowest BCUT2D eigenvalue weighted by molar-refractivity contribution is -0.136. The summed E-state index contributed by atoms with van der Waals surface area (Å²) in [5.74, 6) is 0.319. The fourth-order valence-electron chi connectivity index (χ4n) is 4.60. The summed E-state index contributed by atoms with van der Waals surface area (Å²) < 4.78 is 8.63. The van der Waals surface area contributed by atoms with Crippen molar-refractivity contribution in [1.82, 2.24) is 4.31 Å². The topological polar surface area (TPSA) is 70.0 Å². The van der Waals surface area contributed by atoms with Crippen LogP contribution < -0.4 is 4.74 Å². The van der Waals surface area contributed by atoms with Gasteiger partial charge in [0.05, 0.1) is 6.61 Å². The van der Waals surface area contributed by atoms with Gasteiger partial charge >= 0.3 is 5.97 Å². The summed E-state index contributed by atoms with van der Waals surface area (Å²) >= 11 is 3.48. The van der Waals surface area contributed by atoms with E-state index in [9.17, 15) is 15.0 Å². The summed E-state index contributed by atoms with van der Waals surface area (Å²) in [5, 5.41) is 19.8. The zero-order valence-corrected chi connectivity index (χ0v) is 24.1. The molecule has 1 aliphatic heterocycles. The van der Waals surface area contributed by atoms with Gasteiger partial charge in [-0.3, -0.25) is 4.79 Å². The molecule has 1 aliphatic rings. The molecule has 0 aliphatic carbocycles. The van der Waals surface area contributed by atoms with Crippen LogP contribution in [0, 0.1) is 0 Å². The Labute approximate surface area is 239 Å². The second-order valence-corrected chi connectivity index (χ2v) is 11.4. The first-order chi connectivity index (χ1) is 19.0. The van der Waals surface area contributed by atoms with Gasteiger partial charge in [-0.15, -0.1) is 11.8 Å². The largest absolute Gasteiger partial charge is 0.507 e. The number of thioether (sulfide) groups is 1. The molecule has 7 heteroatoms. The van der Waals surface area contributed by atoms with E-state index in [1.165, 1.54) is 20.9 Å². The first kappa shape index (κ1) is 28.9. The lowest BCUT2D eigenvalue weighted by atomic mass is 9.92. The molecule has 0 bridgehead atoms. The quantitative estimate of drug-likeness (QED) is 0.101. The number of aryl methyl sites for hydroxylation is 1.